The Kier molecular flexibility index (Phi) is 2.46. The van der Waals surface area contributed by atoms with Crippen LogP contribution in [-0.2, 0) is 0 Å². The summed E-state index contributed by atoms with van der Waals surface area (Å²) in [6.07, 6.45) is 2.71. The van der Waals surface area contributed by atoms with Crippen LogP contribution in [0, 0.1) is 5.92 Å². The third-order valence-corrected chi connectivity index (χ3v) is 2.04. The van der Waals surface area contributed by atoms with Gasteiger partial charge in [-0.25, -0.2) is 0 Å². The lowest BCUT2D eigenvalue weighted by Gasteiger charge is -2.19. The predicted octanol–water partition coefficient (Wildman–Crippen LogP) is 1.47. The molecule has 0 aromatic heterocycles. The van der Waals surface area contributed by atoms with Crippen LogP contribution in [0.3, 0.4) is 0 Å². The van der Waals surface area contributed by atoms with E-state index >= 15 is 0 Å². The standard InChI is InChI=1S/C7H12N2O2/c1-5-3-2-4-6(8-10)7(5)9-11/h5,10-11H,2-4H2,1H3/b8-6+,9-7+. The SMILES string of the molecule is CC1CCCC(=N\O)/C1=N/O. The van der Waals surface area contributed by atoms with Crippen molar-refractivity contribution in [2.75, 3.05) is 0 Å². The minimum Gasteiger partial charge on any atom is -0.411 e. The van der Waals surface area contributed by atoms with Crippen LogP contribution in [0.5, 0.6) is 0 Å². The van der Waals surface area contributed by atoms with Crippen molar-refractivity contribution < 1.29 is 10.4 Å². The lowest BCUT2D eigenvalue weighted by atomic mass is 9.87. The maximum Gasteiger partial charge on any atom is 0.107 e. The zero-order valence-corrected chi connectivity index (χ0v) is 6.49. The first-order chi connectivity index (χ1) is 5.29. The van der Waals surface area contributed by atoms with E-state index in [2.05, 4.69) is 10.3 Å². The van der Waals surface area contributed by atoms with Crippen molar-refractivity contribution in [3.05, 3.63) is 0 Å². The van der Waals surface area contributed by atoms with Crippen LogP contribution in [0.15, 0.2) is 10.3 Å². The summed E-state index contributed by atoms with van der Waals surface area (Å²) in [5, 5.41) is 23.2. The maximum absolute atomic E-state index is 8.56. The second-order valence-corrected chi connectivity index (χ2v) is 2.83. The van der Waals surface area contributed by atoms with Gasteiger partial charge in [0.1, 0.15) is 11.4 Å². The van der Waals surface area contributed by atoms with Gasteiger partial charge in [0.15, 0.2) is 0 Å². The van der Waals surface area contributed by atoms with Crippen LogP contribution < -0.4 is 0 Å². The van der Waals surface area contributed by atoms with E-state index in [1.54, 1.807) is 0 Å². The van der Waals surface area contributed by atoms with E-state index in [9.17, 15) is 0 Å². The Morgan fingerprint density at radius 2 is 2.09 bits per heavy atom. The quantitative estimate of drug-likeness (QED) is 0.412. The average Bonchev–Trinajstić information content (AvgIpc) is 2.04. The summed E-state index contributed by atoms with van der Waals surface area (Å²) in [4.78, 5) is 0. The Morgan fingerprint density at radius 3 is 2.55 bits per heavy atom. The minimum absolute atomic E-state index is 0.208. The highest BCUT2D eigenvalue weighted by atomic mass is 16.4. The highest BCUT2D eigenvalue weighted by Crippen LogP contribution is 2.19. The molecule has 0 spiro atoms. The number of hydrogen-bond acceptors (Lipinski definition) is 4. The summed E-state index contributed by atoms with van der Waals surface area (Å²) >= 11 is 0. The van der Waals surface area contributed by atoms with Crippen molar-refractivity contribution in [3.63, 3.8) is 0 Å². The third-order valence-electron chi connectivity index (χ3n) is 2.04. The Balaban J connectivity index is 2.81. The van der Waals surface area contributed by atoms with Crippen molar-refractivity contribution >= 4 is 11.4 Å². The molecule has 1 aliphatic carbocycles. The van der Waals surface area contributed by atoms with Crippen LogP contribution in [0.25, 0.3) is 0 Å². The summed E-state index contributed by atoms with van der Waals surface area (Å²) in [6.45, 7) is 1.96. The van der Waals surface area contributed by atoms with E-state index in [0.717, 1.165) is 12.8 Å². The molecule has 0 saturated heterocycles. The largest absolute Gasteiger partial charge is 0.411 e. The first kappa shape index (κ1) is 8.04. The fourth-order valence-electron chi connectivity index (χ4n) is 1.38. The van der Waals surface area contributed by atoms with E-state index in [1.165, 1.54) is 0 Å². The van der Waals surface area contributed by atoms with E-state index in [1.807, 2.05) is 6.92 Å². The lowest BCUT2D eigenvalue weighted by molar-refractivity contribution is 0.308. The van der Waals surface area contributed by atoms with Gasteiger partial charge in [0, 0.05) is 5.92 Å². The topological polar surface area (TPSA) is 65.2 Å². The molecule has 0 radical (unpaired) electrons. The molecule has 1 rings (SSSR count). The van der Waals surface area contributed by atoms with Gasteiger partial charge < -0.3 is 10.4 Å². The van der Waals surface area contributed by atoms with Gasteiger partial charge in [0.05, 0.1) is 0 Å². The Labute approximate surface area is 65.2 Å². The van der Waals surface area contributed by atoms with Crippen LogP contribution >= 0.6 is 0 Å². The molecule has 0 aromatic rings. The fourth-order valence-corrected chi connectivity index (χ4v) is 1.38. The van der Waals surface area contributed by atoms with Gasteiger partial charge in [-0.1, -0.05) is 17.2 Å². The normalized spacial score (nSPS) is 33.0. The molecule has 1 unspecified atom stereocenters. The molecule has 4 heteroatoms. The van der Waals surface area contributed by atoms with E-state index < -0.39 is 0 Å². The van der Waals surface area contributed by atoms with E-state index in [-0.39, 0.29) is 5.92 Å². The zero-order chi connectivity index (χ0) is 8.27. The molecule has 1 saturated carbocycles. The number of oxime groups is 2. The molecular weight excluding hydrogens is 144 g/mol. The van der Waals surface area contributed by atoms with Crippen LogP contribution in [0.1, 0.15) is 26.2 Å². The molecule has 0 amide bonds. The number of nitrogens with zero attached hydrogens (tertiary/aromatic N) is 2. The molecule has 2 N–H and O–H groups in total. The smallest absolute Gasteiger partial charge is 0.107 e. The molecule has 11 heavy (non-hydrogen) atoms. The summed E-state index contributed by atoms with van der Waals surface area (Å²) in [5.74, 6) is 0.208. The summed E-state index contributed by atoms with van der Waals surface area (Å²) in [7, 11) is 0. The molecule has 1 fully saturated rings. The molecule has 0 bridgehead atoms. The molecule has 1 aliphatic rings. The van der Waals surface area contributed by atoms with E-state index in [0.29, 0.717) is 17.8 Å². The third kappa shape index (κ3) is 1.50. The molecular formula is C7H12N2O2. The Bertz CT molecular complexity index is 199. The summed E-state index contributed by atoms with van der Waals surface area (Å²) in [6, 6.07) is 0. The summed E-state index contributed by atoms with van der Waals surface area (Å²) < 4.78 is 0. The van der Waals surface area contributed by atoms with E-state index in [4.69, 9.17) is 10.4 Å². The zero-order valence-electron chi connectivity index (χ0n) is 6.49. The molecule has 0 aliphatic heterocycles. The van der Waals surface area contributed by atoms with Gasteiger partial charge in [-0.2, -0.15) is 0 Å². The van der Waals surface area contributed by atoms with Crippen molar-refractivity contribution in [1.29, 1.82) is 0 Å². The van der Waals surface area contributed by atoms with Crippen LogP contribution in [-0.4, -0.2) is 21.8 Å². The predicted molar refractivity (Wildman–Crippen MR) is 41.5 cm³/mol. The second-order valence-electron chi connectivity index (χ2n) is 2.83. The van der Waals surface area contributed by atoms with Gasteiger partial charge >= 0.3 is 0 Å². The molecule has 4 nitrogen and oxygen atoms in total. The monoisotopic (exact) mass is 156 g/mol. The highest BCUT2D eigenvalue weighted by Gasteiger charge is 2.22. The molecule has 1 atom stereocenters. The van der Waals surface area contributed by atoms with Crippen molar-refractivity contribution in [2.45, 2.75) is 26.2 Å². The van der Waals surface area contributed by atoms with Gasteiger partial charge in [0.2, 0.25) is 0 Å². The Morgan fingerprint density at radius 1 is 1.36 bits per heavy atom. The van der Waals surface area contributed by atoms with Gasteiger partial charge in [-0.05, 0) is 19.3 Å². The molecule has 0 aromatic carbocycles. The van der Waals surface area contributed by atoms with Crippen molar-refractivity contribution in [2.24, 2.45) is 16.2 Å². The maximum atomic E-state index is 8.56. The van der Waals surface area contributed by atoms with Crippen LogP contribution in [0.2, 0.25) is 0 Å². The van der Waals surface area contributed by atoms with Crippen LogP contribution in [0.4, 0.5) is 0 Å². The summed E-state index contributed by atoms with van der Waals surface area (Å²) in [5.41, 5.74) is 1.05. The minimum atomic E-state index is 0.208. The van der Waals surface area contributed by atoms with Crippen molar-refractivity contribution in [3.8, 4) is 0 Å². The Hall–Kier alpha value is -1.06. The average molecular weight is 156 g/mol. The number of rotatable bonds is 0. The lowest BCUT2D eigenvalue weighted by Crippen LogP contribution is -2.26. The molecule has 62 valence electrons. The van der Waals surface area contributed by atoms with Crippen molar-refractivity contribution in [1.82, 2.24) is 0 Å². The fraction of sp³-hybridized carbons (Fsp3) is 0.714. The highest BCUT2D eigenvalue weighted by molar-refractivity contribution is 6.43. The number of hydrogen-bond donors (Lipinski definition) is 2. The van der Waals surface area contributed by atoms with Gasteiger partial charge in [-0.15, -0.1) is 0 Å². The van der Waals surface area contributed by atoms with Gasteiger partial charge in [-0.3, -0.25) is 0 Å². The first-order valence-corrected chi connectivity index (χ1v) is 3.73. The molecule has 0 heterocycles. The second kappa shape index (κ2) is 3.37. The first-order valence-electron chi connectivity index (χ1n) is 3.73. The van der Waals surface area contributed by atoms with Gasteiger partial charge in [0.25, 0.3) is 0 Å².